The SMILES string of the molecule is C=CCN(C(=O)CN1CCN(S(=O)(=O)c2ccccc2Cl)CC1)c1ccccc1. The fraction of sp³-hybridized carbons (Fsp3) is 0.286. The summed E-state index contributed by atoms with van der Waals surface area (Å²) in [6, 6.07) is 15.9. The quantitative estimate of drug-likeness (QED) is 0.630. The Labute approximate surface area is 177 Å². The Morgan fingerprint density at radius 2 is 1.66 bits per heavy atom. The maximum Gasteiger partial charge on any atom is 0.244 e. The van der Waals surface area contributed by atoms with Gasteiger partial charge in [-0.2, -0.15) is 4.31 Å². The maximum atomic E-state index is 12.9. The molecule has 0 aliphatic carbocycles. The van der Waals surface area contributed by atoms with Gasteiger partial charge in [-0.15, -0.1) is 6.58 Å². The normalized spacial score (nSPS) is 15.8. The minimum absolute atomic E-state index is 0.0430. The van der Waals surface area contributed by atoms with E-state index in [9.17, 15) is 13.2 Å². The molecule has 0 spiro atoms. The maximum absolute atomic E-state index is 12.9. The van der Waals surface area contributed by atoms with Gasteiger partial charge >= 0.3 is 0 Å². The standard InChI is InChI=1S/C21H24ClN3O3S/c1-2-12-25(18-8-4-3-5-9-18)21(26)17-23-13-15-24(16-14-23)29(27,28)20-11-7-6-10-19(20)22/h2-11H,1,12-17H2. The van der Waals surface area contributed by atoms with Crippen LogP contribution in [0.25, 0.3) is 0 Å². The molecule has 1 aliphatic rings. The van der Waals surface area contributed by atoms with Crippen molar-refractivity contribution >= 4 is 33.2 Å². The zero-order valence-electron chi connectivity index (χ0n) is 16.1. The van der Waals surface area contributed by atoms with Gasteiger partial charge in [0.05, 0.1) is 11.6 Å². The number of carbonyl (C=O) groups excluding carboxylic acids is 1. The topological polar surface area (TPSA) is 60.9 Å². The molecule has 2 aromatic rings. The summed E-state index contributed by atoms with van der Waals surface area (Å²) >= 11 is 6.07. The van der Waals surface area contributed by atoms with Gasteiger partial charge in [0, 0.05) is 38.4 Å². The number of sulfonamides is 1. The van der Waals surface area contributed by atoms with Crippen molar-refractivity contribution in [1.29, 1.82) is 0 Å². The van der Waals surface area contributed by atoms with Gasteiger partial charge in [0.1, 0.15) is 4.90 Å². The van der Waals surface area contributed by atoms with E-state index in [-0.39, 0.29) is 22.4 Å². The molecule has 1 saturated heterocycles. The van der Waals surface area contributed by atoms with Crippen LogP contribution in [0.5, 0.6) is 0 Å². The lowest BCUT2D eigenvalue weighted by atomic mass is 10.2. The Morgan fingerprint density at radius 1 is 1.03 bits per heavy atom. The van der Waals surface area contributed by atoms with Crippen molar-refractivity contribution < 1.29 is 13.2 Å². The van der Waals surface area contributed by atoms with Crippen molar-refractivity contribution in [2.24, 2.45) is 0 Å². The van der Waals surface area contributed by atoms with Crippen LogP contribution < -0.4 is 4.90 Å². The van der Waals surface area contributed by atoms with E-state index in [4.69, 9.17) is 11.6 Å². The monoisotopic (exact) mass is 433 g/mol. The Hall–Kier alpha value is -2.19. The molecule has 2 aromatic carbocycles. The van der Waals surface area contributed by atoms with Crippen LogP contribution in [0.2, 0.25) is 5.02 Å². The zero-order chi connectivity index (χ0) is 20.9. The third-order valence-corrected chi connectivity index (χ3v) is 7.22. The van der Waals surface area contributed by atoms with Crippen LogP contribution in [-0.2, 0) is 14.8 Å². The molecule has 0 saturated carbocycles. The van der Waals surface area contributed by atoms with Crippen molar-refractivity contribution in [3.63, 3.8) is 0 Å². The van der Waals surface area contributed by atoms with Gasteiger partial charge in [-0.05, 0) is 24.3 Å². The number of halogens is 1. The van der Waals surface area contributed by atoms with Gasteiger partial charge in [-0.25, -0.2) is 8.42 Å². The molecule has 1 aliphatic heterocycles. The first-order valence-electron chi connectivity index (χ1n) is 9.37. The van der Waals surface area contributed by atoms with Gasteiger partial charge < -0.3 is 4.90 Å². The molecule has 1 amide bonds. The molecule has 0 radical (unpaired) electrons. The average Bonchev–Trinajstić information content (AvgIpc) is 2.73. The highest BCUT2D eigenvalue weighted by molar-refractivity contribution is 7.89. The molecular formula is C21H24ClN3O3S. The molecule has 0 N–H and O–H groups in total. The molecule has 154 valence electrons. The lowest BCUT2D eigenvalue weighted by Gasteiger charge is -2.34. The second-order valence-corrected chi connectivity index (χ2v) is 9.05. The first-order chi connectivity index (χ1) is 13.9. The summed E-state index contributed by atoms with van der Waals surface area (Å²) < 4.78 is 27.1. The molecular weight excluding hydrogens is 410 g/mol. The fourth-order valence-corrected chi connectivity index (χ4v) is 5.20. The number of hydrogen-bond acceptors (Lipinski definition) is 4. The molecule has 6 nitrogen and oxygen atoms in total. The molecule has 3 rings (SSSR count). The number of para-hydroxylation sites is 1. The van der Waals surface area contributed by atoms with Crippen molar-refractivity contribution in [1.82, 2.24) is 9.21 Å². The number of piperazine rings is 1. The van der Waals surface area contributed by atoms with E-state index in [1.54, 1.807) is 29.2 Å². The van der Waals surface area contributed by atoms with Crippen LogP contribution in [0, 0.1) is 0 Å². The van der Waals surface area contributed by atoms with E-state index in [1.165, 1.54) is 10.4 Å². The number of benzene rings is 2. The van der Waals surface area contributed by atoms with Crippen molar-refractivity contribution in [3.8, 4) is 0 Å². The van der Waals surface area contributed by atoms with Gasteiger partial charge in [0.25, 0.3) is 0 Å². The Kier molecular flexibility index (Phi) is 7.08. The van der Waals surface area contributed by atoms with Crippen LogP contribution >= 0.6 is 11.6 Å². The van der Waals surface area contributed by atoms with Crippen molar-refractivity contribution in [3.05, 3.63) is 72.3 Å². The third kappa shape index (κ3) is 5.05. The summed E-state index contributed by atoms with van der Waals surface area (Å²) in [5.41, 5.74) is 0.817. The second-order valence-electron chi connectivity index (χ2n) is 6.74. The summed E-state index contributed by atoms with van der Waals surface area (Å²) in [5.74, 6) is -0.0430. The summed E-state index contributed by atoms with van der Waals surface area (Å²) in [6.45, 7) is 5.96. The van der Waals surface area contributed by atoms with Crippen LogP contribution in [0.15, 0.2) is 72.1 Å². The molecule has 0 unspecified atom stereocenters. The lowest BCUT2D eigenvalue weighted by Crippen LogP contribution is -2.51. The Morgan fingerprint density at radius 3 is 2.28 bits per heavy atom. The number of rotatable bonds is 7. The van der Waals surface area contributed by atoms with E-state index < -0.39 is 10.0 Å². The molecule has 0 aromatic heterocycles. The molecule has 0 atom stereocenters. The highest BCUT2D eigenvalue weighted by Gasteiger charge is 2.31. The smallest absolute Gasteiger partial charge is 0.244 e. The van der Waals surface area contributed by atoms with E-state index in [0.29, 0.717) is 32.7 Å². The van der Waals surface area contributed by atoms with Gasteiger partial charge in [0.15, 0.2) is 0 Å². The molecule has 29 heavy (non-hydrogen) atoms. The molecule has 0 bridgehead atoms. The van der Waals surface area contributed by atoms with E-state index in [1.807, 2.05) is 35.2 Å². The lowest BCUT2D eigenvalue weighted by molar-refractivity contribution is -0.119. The predicted octanol–water partition coefficient (Wildman–Crippen LogP) is 2.87. The highest BCUT2D eigenvalue weighted by atomic mass is 35.5. The van der Waals surface area contributed by atoms with Gasteiger partial charge in [-0.1, -0.05) is 48.0 Å². The molecule has 1 heterocycles. The third-order valence-electron chi connectivity index (χ3n) is 4.83. The predicted molar refractivity (Wildman–Crippen MR) is 116 cm³/mol. The van der Waals surface area contributed by atoms with E-state index in [2.05, 4.69) is 6.58 Å². The number of amides is 1. The van der Waals surface area contributed by atoms with Crippen molar-refractivity contribution in [2.75, 3.05) is 44.2 Å². The fourth-order valence-electron chi connectivity index (χ4n) is 3.29. The zero-order valence-corrected chi connectivity index (χ0v) is 17.6. The summed E-state index contributed by atoms with van der Waals surface area (Å²) in [4.78, 5) is 16.6. The number of hydrogen-bond donors (Lipinski definition) is 0. The van der Waals surface area contributed by atoms with Crippen LogP contribution in [0.3, 0.4) is 0 Å². The number of anilines is 1. The first kappa shape index (κ1) is 21.5. The van der Waals surface area contributed by atoms with Crippen LogP contribution in [0.4, 0.5) is 5.69 Å². The van der Waals surface area contributed by atoms with Crippen LogP contribution in [-0.4, -0.2) is 62.8 Å². The summed E-state index contributed by atoms with van der Waals surface area (Å²) in [5, 5.41) is 0.216. The number of nitrogens with zero attached hydrogens (tertiary/aromatic N) is 3. The van der Waals surface area contributed by atoms with Crippen LogP contribution in [0.1, 0.15) is 0 Å². The summed E-state index contributed by atoms with van der Waals surface area (Å²) in [7, 11) is -3.65. The van der Waals surface area contributed by atoms with E-state index >= 15 is 0 Å². The Bertz CT molecular complexity index is 958. The number of carbonyl (C=O) groups is 1. The Balaban J connectivity index is 1.63. The first-order valence-corrected chi connectivity index (χ1v) is 11.2. The van der Waals surface area contributed by atoms with Crippen molar-refractivity contribution in [2.45, 2.75) is 4.90 Å². The molecule has 8 heteroatoms. The van der Waals surface area contributed by atoms with E-state index in [0.717, 1.165) is 5.69 Å². The average molecular weight is 434 g/mol. The molecule has 1 fully saturated rings. The second kappa shape index (κ2) is 9.54. The van der Waals surface area contributed by atoms with Gasteiger partial charge in [-0.3, -0.25) is 9.69 Å². The minimum atomic E-state index is -3.65. The highest BCUT2D eigenvalue weighted by Crippen LogP contribution is 2.25. The summed E-state index contributed by atoms with van der Waals surface area (Å²) in [6.07, 6.45) is 1.69. The van der Waals surface area contributed by atoms with Gasteiger partial charge in [0.2, 0.25) is 15.9 Å². The largest absolute Gasteiger partial charge is 0.308 e. The minimum Gasteiger partial charge on any atom is -0.308 e.